The summed E-state index contributed by atoms with van der Waals surface area (Å²) < 4.78 is 12.0. The first-order valence-corrected chi connectivity index (χ1v) is 7.11. The van der Waals surface area contributed by atoms with E-state index in [1.54, 1.807) is 7.11 Å². The average Bonchev–Trinajstić information content (AvgIpc) is 2.82. The highest BCUT2D eigenvalue weighted by Gasteiger charge is 2.21. The largest absolute Gasteiger partial charge is 0.493 e. The molecule has 0 spiro atoms. The number of ether oxygens (including phenoxy) is 2. The highest BCUT2D eigenvalue weighted by Crippen LogP contribution is 2.35. The summed E-state index contributed by atoms with van der Waals surface area (Å²) in [5, 5.41) is 0. The maximum Gasteiger partial charge on any atom is 0.162 e. The molecule has 1 heterocycles. The van der Waals surface area contributed by atoms with Gasteiger partial charge in [-0.1, -0.05) is 23.7 Å². The highest BCUT2D eigenvalue weighted by atomic mass is 35.5. The lowest BCUT2D eigenvalue weighted by Gasteiger charge is -2.22. The zero-order valence-corrected chi connectivity index (χ0v) is 12.4. The van der Waals surface area contributed by atoms with Gasteiger partial charge in [-0.2, -0.15) is 0 Å². The minimum atomic E-state index is -0.242. The standard InChI is InChI=1S/C14H16ClNO2S/c1-9(16)14(12-7-8-13(15)19-12)18-11-6-4-3-5-10(11)17-2/h3-9,14H,16H2,1-2H3. The summed E-state index contributed by atoms with van der Waals surface area (Å²) in [7, 11) is 1.62. The maximum atomic E-state index is 6.02. The molecule has 0 saturated carbocycles. The molecule has 19 heavy (non-hydrogen) atoms. The molecule has 1 aromatic heterocycles. The summed E-state index contributed by atoms with van der Waals surface area (Å²) >= 11 is 7.44. The second kappa shape index (κ2) is 6.28. The summed E-state index contributed by atoms with van der Waals surface area (Å²) in [5.41, 5.74) is 6.02. The highest BCUT2D eigenvalue weighted by molar-refractivity contribution is 7.16. The minimum absolute atomic E-state index is 0.153. The van der Waals surface area contributed by atoms with Gasteiger partial charge in [0, 0.05) is 10.9 Å². The van der Waals surface area contributed by atoms with Gasteiger partial charge in [0.25, 0.3) is 0 Å². The van der Waals surface area contributed by atoms with E-state index >= 15 is 0 Å². The fourth-order valence-electron chi connectivity index (χ4n) is 1.76. The topological polar surface area (TPSA) is 44.5 Å². The molecule has 0 fully saturated rings. The van der Waals surface area contributed by atoms with Crippen molar-refractivity contribution in [3.8, 4) is 11.5 Å². The van der Waals surface area contributed by atoms with E-state index in [0.717, 1.165) is 9.21 Å². The third-order valence-electron chi connectivity index (χ3n) is 2.67. The number of halogens is 1. The van der Waals surface area contributed by atoms with Gasteiger partial charge in [0.05, 0.1) is 11.4 Å². The molecule has 2 aromatic rings. The minimum Gasteiger partial charge on any atom is -0.493 e. The molecule has 5 heteroatoms. The van der Waals surface area contributed by atoms with Gasteiger partial charge < -0.3 is 15.2 Å². The Morgan fingerprint density at radius 2 is 1.84 bits per heavy atom. The molecule has 2 N–H and O–H groups in total. The second-order valence-corrected chi connectivity index (χ2v) is 5.94. The lowest BCUT2D eigenvalue weighted by atomic mass is 10.1. The molecule has 0 aliphatic carbocycles. The van der Waals surface area contributed by atoms with Crippen molar-refractivity contribution >= 4 is 22.9 Å². The monoisotopic (exact) mass is 297 g/mol. The van der Waals surface area contributed by atoms with E-state index in [4.69, 9.17) is 26.8 Å². The number of rotatable bonds is 5. The summed E-state index contributed by atoms with van der Waals surface area (Å²) in [5.74, 6) is 1.37. The van der Waals surface area contributed by atoms with Crippen molar-refractivity contribution in [3.05, 3.63) is 45.6 Å². The average molecular weight is 298 g/mol. The van der Waals surface area contributed by atoms with E-state index in [9.17, 15) is 0 Å². The molecule has 0 aliphatic heterocycles. The summed E-state index contributed by atoms with van der Waals surface area (Å²) in [4.78, 5) is 1.01. The number of hydrogen-bond acceptors (Lipinski definition) is 4. The molecular formula is C14H16ClNO2S. The number of thiophene rings is 1. The van der Waals surface area contributed by atoms with Crippen molar-refractivity contribution < 1.29 is 9.47 Å². The van der Waals surface area contributed by atoms with E-state index in [1.165, 1.54) is 11.3 Å². The molecule has 1 aromatic carbocycles. The first-order valence-electron chi connectivity index (χ1n) is 5.92. The zero-order chi connectivity index (χ0) is 13.8. The predicted octanol–water partition coefficient (Wildman–Crippen LogP) is 3.88. The van der Waals surface area contributed by atoms with Crippen LogP contribution >= 0.6 is 22.9 Å². The molecule has 0 amide bonds. The maximum absolute atomic E-state index is 6.02. The van der Waals surface area contributed by atoms with Crippen LogP contribution in [-0.2, 0) is 0 Å². The third-order valence-corrected chi connectivity index (χ3v) is 3.97. The number of benzene rings is 1. The van der Waals surface area contributed by atoms with E-state index in [-0.39, 0.29) is 12.1 Å². The fourth-order valence-corrected chi connectivity index (χ4v) is 2.97. The Hall–Kier alpha value is -1.23. The molecule has 0 aliphatic rings. The number of nitrogens with two attached hydrogens (primary N) is 1. The van der Waals surface area contributed by atoms with Crippen molar-refractivity contribution in [2.45, 2.75) is 19.1 Å². The fraction of sp³-hybridized carbons (Fsp3) is 0.286. The second-order valence-electron chi connectivity index (χ2n) is 4.19. The molecule has 102 valence electrons. The molecule has 2 atom stereocenters. The van der Waals surface area contributed by atoms with E-state index in [2.05, 4.69) is 0 Å². The molecule has 0 bridgehead atoms. The molecule has 2 rings (SSSR count). The number of hydrogen-bond donors (Lipinski definition) is 1. The first kappa shape index (κ1) is 14.2. The quantitative estimate of drug-likeness (QED) is 0.911. The van der Waals surface area contributed by atoms with Crippen LogP contribution in [0.2, 0.25) is 4.34 Å². The Morgan fingerprint density at radius 3 is 2.37 bits per heavy atom. The van der Waals surface area contributed by atoms with E-state index < -0.39 is 0 Å². The molecular weight excluding hydrogens is 282 g/mol. The summed E-state index contributed by atoms with van der Waals surface area (Å²) in [6, 6.07) is 11.2. The van der Waals surface area contributed by atoms with Crippen LogP contribution in [0.25, 0.3) is 0 Å². The van der Waals surface area contributed by atoms with Gasteiger partial charge in [-0.25, -0.2) is 0 Å². The van der Waals surface area contributed by atoms with Crippen LogP contribution < -0.4 is 15.2 Å². The zero-order valence-electron chi connectivity index (χ0n) is 10.8. The lowest BCUT2D eigenvalue weighted by molar-refractivity contribution is 0.176. The lowest BCUT2D eigenvalue weighted by Crippen LogP contribution is -2.28. The van der Waals surface area contributed by atoms with Crippen molar-refractivity contribution in [1.29, 1.82) is 0 Å². The molecule has 0 radical (unpaired) electrons. The van der Waals surface area contributed by atoms with Gasteiger partial charge in [-0.05, 0) is 31.2 Å². The number of para-hydroxylation sites is 2. The van der Waals surface area contributed by atoms with Gasteiger partial charge in [-0.15, -0.1) is 11.3 Å². The van der Waals surface area contributed by atoms with Crippen molar-refractivity contribution in [2.24, 2.45) is 5.73 Å². The van der Waals surface area contributed by atoms with E-state index in [0.29, 0.717) is 11.5 Å². The SMILES string of the molecule is COc1ccccc1OC(c1ccc(Cl)s1)C(C)N. The third kappa shape index (κ3) is 3.41. The number of methoxy groups -OCH3 is 1. The first-order chi connectivity index (χ1) is 9.11. The van der Waals surface area contributed by atoms with Crippen LogP contribution in [0, 0.1) is 0 Å². The van der Waals surface area contributed by atoms with Gasteiger partial charge >= 0.3 is 0 Å². The van der Waals surface area contributed by atoms with Crippen LogP contribution in [0.1, 0.15) is 17.9 Å². The Bertz CT molecular complexity index is 542. The molecule has 0 saturated heterocycles. The Kier molecular flexibility index (Phi) is 4.69. The van der Waals surface area contributed by atoms with Gasteiger partial charge in [0.1, 0.15) is 6.10 Å². The van der Waals surface area contributed by atoms with Crippen LogP contribution in [0.3, 0.4) is 0 Å². The summed E-state index contributed by atoms with van der Waals surface area (Å²) in [6.45, 7) is 1.91. The van der Waals surface area contributed by atoms with Gasteiger partial charge in [0.15, 0.2) is 11.5 Å². The van der Waals surface area contributed by atoms with Crippen LogP contribution in [0.15, 0.2) is 36.4 Å². The van der Waals surface area contributed by atoms with Crippen molar-refractivity contribution in [1.82, 2.24) is 0 Å². The Balaban J connectivity index is 2.26. The Labute approximate surface area is 121 Å². The van der Waals surface area contributed by atoms with E-state index in [1.807, 2.05) is 43.3 Å². The predicted molar refractivity (Wildman–Crippen MR) is 79.3 cm³/mol. The molecule has 2 unspecified atom stereocenters. The summed E-state index contributed by atoms with van der Waals surface area (Å²) in [6.07, 6.45) is -0.242. The van der Waals surface area contributed by atoms with Crippen LogP contribution in [0.4, 0.5) is 0 Å². The molecule has 3 nitrogen and oxygen atoms in total. The smallest absolute Gasteiger partial charge is 0.162 e. The van der Waals surface area contributed by atoms with Gasteiger partial charge in [-0.3, -0.25) is 0 Å². The van der Waals surface area contributed by atoms with Gasteiger partial charge in [0.2, 0.25) is 0 Å². The van der Waals surface area contributed by atoms with Crippen LogP contribution in [0.5, 0.6) is 11.5 Å². The Morgan fingerprint density at radius 1 is 1.16 bits per heavy atom. The normalized spacial score (nSPS) is 13.9. The van der Waals surface area contributed by atoms with Crippen LogP contribution in [-0.4, -0.2) is 13.2 Å². The van der Waals surface area contributed by atoms with Crippen molar-refractivity contribution in [2.75, 3.05) is 7.11 Å². The van der Waals surface area contributed by atoms with Crippen molar-refractivity contribution in [3.63, 3.8) is 0 Å².